The van der Waals surface area contributed by atoms with Crippen molar-refractivity contribution in [1.82, 2.24) is 5.43 Å². The zero-order chi connectivity index (χ0) is 15.1. The molecule has 1 amide bonds. The zero-order valence-corrected chi connectivity index (χ0v) is 13.8. The minimum Gasteiger partial charge on any atom is -0.484 e. The molecule has 2 aromatic carbocycles. The Labute approximate surface area is 141 Å². The first-order valence-electron chi connectivity index (χ1n) is 6.10. The van der Waals surface area contributed by atoms with Crippen molar-refractivity contribution in [2.75, 3.05) is 6.61 Å². The van der Waals surface area contributed by atoms with E-state index in [9.17, 15) is 4.79 Å². The van der Waals surface area contributed by atoms with Crippen molar-refractivity contribution in [2.45, 2.75) is 0 Å². The van der Waals surface area contributed by atoms with Crippen LogP contribution < -0.4 is 10.2 Å². The quantitative estimate of drug-likeness (QED) is 0.463. The molecule has 0 saturated heterocycles. The molecule has 2 rings (SSSR count). The van der Waals surface area contributed by atoms with E-state index in [1.165, 1.54) is 0 Å². The SMILES string of the molecule is O=C(COc1ccc(Cl)cc1)N/N=C\c1ccccc1I. The molecule has 4 nitrogen and oxygen atoms in total. The molecule has 0 unspecified atom stereocenters. The van der Waals surface area contributed by atoms with E-state index in [4.69, 9.17) is 16.3 Å². The fourth-order valence-corrected chi connectivity index (χ4v) is 2.12. The molecule has 0 spiro atoms. The Morgan fingerprint density at radius 2 is 1.95 bits per heavy atom. The van der Waals surface area contributed by atoms with Gasteiger partial charge in [0.15, 0.2) is 6.61 Å². The standard InChI is InChI=1S/C15H12ClIN2O2/c16-12-5-7-13(8-6-12)21-10-15(20)19-18-9-11-3-1-2-4-14(11)17/h1-9H,10H2,(H,19,20)/b18-9-. The number of hydrogen-bond donors (Lipinski definition) is 1. The van der Waals surface area contributed by atoms with E-state index in [2.05, 4.69) is 33.1 Å². The highest BCUT2D eigenvalue weighted by molar-refractivity contribution is 14.1. The minimum atomic E-state index is -0.327. The fraction of sp³-hybridized carbons (Fsp3) is 0.0667. The summed E-state index contributed by atoms with van der Waals surface area (Å²) >= 11 is 7.96. The van der Waals surface area contributed by atoms with Gasteiger partial charge in [-0.25, -0.2) is 5.43 Å². The van der Waals surface area contributed by atoms with Gasteiger partial charge in [0.1, 0.15) is 5.75 Å². The van der Waals surface area contributed by atoms with Crippen LogP contribution in [0.5, 0.6) is 5.75 Å². The number of hydrogen-bond acceptors (Lipinski definition) is 3. The first kappa shape index (κ1) is 15.8. The zero-order valence-electron chi connectivity index (χ0n) is 10.9. The van der Waals surface area contributed by atoms with E-state index in [1.807, 2.05) is 24.3 Å². The maximum atomic E-state index is 11.6. The average Bonchev–Trinajstić information content (AvgIpc) is 2.49. The van der Waals surface area contributed by atoms with Gasteiger partial charge in [0.05, 0.1) is 6.21 Å². The summed E-state index contributed by atoms with van der Waals surface area (Å²) in [5.41, 5.74) is 3.36. The Bertz CT molecular complexity index is 644. The Balaban J connectivity index is 1.80. The number of nitrogens with one attached hydrogen (secondary N) is 1. The van der Waals surface area contributed by atoms with Crippen LogP contribution in [0.2, 0.25) is 5.02 Å². The van der Waals surface area contributed by atoms with E-state index in [1.54, 1.807) is 30.5 Å². The molecule has 1 N–H and O–H groups in total. The number of halogens is 2. The van der Waals surface area contributed by atoms with Gasteiger partial charge < -0.3 is 4.74 Å². The summed E-state index contributed by atoms with van der Waals surface area (Å²) in [6.45, 7) is -0.106. The summed E-state index contributed by atoms with van der Waals surface area (Å²) in [6.07, 6.45) is 1.60. The van der Waals surface area contributed by atoms with Gasteiger partial charge in [-0.3, -0.25) is 4.79 Å². The Morgan fingerprint density at radius 1 is 1.24 bits per heavy atom. The van der Waals surface area contributed by atoms with Crippen LogP contribution in [0, 0.1) is 3.57 Å². The van der Waals surface area contributed by atoms with Gasteiger partial charge in [-0.15, -0.1) is 0 Å². The number of hydrazone groups is 1. The summed E-state index contributed by atoms with van der Waals surface area (Å²) < 4.78 is 6.36. The van der Waals surface area contributed by atoms with Crippen molar-refractivity contribution in [3.05, 3.63) is 62.7 Å². The van der Waals surface area contributed by atoms with Gasteiger partial charge in [-0.2, -0.15) is 5.10 Å². The van der Waals surface area contributed by atoms with E-state index < -0.39 is 0 Å². The largest absolute Gasteiger partial charge is 0.484 e. The highest BCUT2D eigenvalue weighted by atomic mass is 127. The topological polar surface area (TPSA) is 50.7 Å². The highest BCUT2D eigenvalue weighted by Gasteiger charge is 2.01. The third-order valence-corrected chi connectivity index (χ3v) is 3.72. The van der Waals surface area contributed by atoms with E-state index >= 15 is 0 Å². The van der Waals surface area contributed by atoms with Gasteiger partial charge >= 0.3 is 0 Å². The number of ether oxygens (including phenoxy) is 1. The van der Waals surface area contributed by atoms with Crippen LogP contribution in [0.3, 0.4) is 0 Å². The molecule has 0 fully saturated rings. The van der Waals surface area contributed by atoms with E-state index in [-0.39, 0.29) is 12.5 Å². The average molecular weight is 415 g/mol. The van der Waals surface area contributed by atoms with Crippen LogP contribution >= 0.6 is 34.2 Å². The normalized spacial score (nSPS) is 10.6. The third kappa shape index (κ3) is 5.35. The molecule has 0 heterocycles. The summed E-state index contributed by atoms with van der Waals surface area (Å²) in [5.74, 6) is 0.253. The van der Waals surface area contributed by atoms with Crippen LogP contribution in [-0.4, -0.2) is 18.7 Å². The maximum Gasteiger partial charge on any atom is 0.277 e. The lowest BCUT2D eigenvalue weighted by Gasteiger charge is -2.04. The number of nitrogens with zero attached hydrogens (tertiary/aromatic N) is 1. The van der Waals surface area contributed by atoms with E-state index in [0.29, 0.717) is 10.8 Å². The van der Waals surface area contributed by atoms with Gasteiger partial charge in [0.25, 0.3) is 5.91 Å². The van der Waals surface area contributed by atoms with Crippen molar-refractivity contribution < 1.29 is 9.53 Å². The first-order chi connectivity index (χ1) is 10.1. The lowest BCUT2D eigenvalue weighted by Crippen LogP contribution is -2.24. The van der Waals surface area contributed by atoms with Crippen LogP contribution in [0.15, 0.2) is 53.6 Å². The Morgan fingerprint density at radius 3 is 2.67 bits per heavy atom. The molecule has 0 aromatic heterocycles. The molecule has 0 aliphatic rings. The lowest BCUT2D eigenvalue weighted by molar-refractivity contribution is -0.123. The molecule has 0 radical (unpaired) electrons. The molecule has 0 aliphatic carbocycles. The van der Waals surface area contributed by atoms with Gasteiger partial charge in [0.2, 0.25) is 0 Å². The Kier molecular flexibility index (Phi) is 6.01. The van der Waals surface area contributed by atoms with Crippen LogP contribution in [0.1, 0.15) is 5.56 Å². The summed E-state index contributed by atoms with van der Waals surface area (Å²) in [6, 6.07) is 14.5. The second kappa shape index (κ2) is 7.99. The smallest absolute Gasteiger partial charge is 0.277 e. The predicted octanol–water partition coefficient (Wildman–Crippen LogP) is 3.47. The third-order valence-electron chi connectivity index (χ3n) is 2.48. The van der Waals surface area contributed by atoms with Crippen molar-refractivity contribution >= 4 is 46.3 Å². The molecular formula is C15H12ClIN2O2. The van der Waals surface area contributed by atoms with Crippen molar-refractivity contribution in [1.29, 1.82) is 0 Å². The second-order valence-electron chi connectivity index (χ2n) is 4.06. The lowest BCUT2D eigenvalue weighted by atomic mass is 10.2. The summed E-state index contributed by atoms with van der Waals surface area (Å²) in [4.78, 5) is 11.6. The molecule has 2 aromatic rings. The second-order valence-corrected chi connectivity index (χ2v) is 5.66. The van der Waals surface area contributed by atoms with Gasteiger partial charge in [-0.05, 0) is 52.9 Å². The number of rotatable bonds is 5. The molecule has 0 aliphatic heterocycles. The van der Waals surface area contributed by atoms with Gasteiger partial charge in [-0.1, -0.05) is 29.8 Å². The number of carbonyl (C=O) groups is 1. The molecule has 21 heavy (non-hydrogen) atoms. The number of carbonyl (C=O) groups excluding carboxylic acids is 1. The van der Waals surface area contributed by atoms with Crippen LogP contribution in [-0.2, 0) is 4.79 Å². The van der Waals surface area contributed by atoms with E-state index in [0.717, 1.165) is 9.13 Å². The highest BCUT2D eigenvalue weighted by Crippen LogP contribution is 2.15. The molecule has 0 saturated carbocycles. The number of amides is 1. The van der Waals surface area contributed by atoms with Crippen LogP contribution in [0.4, 0.5) is 0 Å². The summed E-state index contributed by atoms with van der Waals surface area (Å²) in [7, 11) is 0. The van der Waals surface area contributed by atoms with Crippen LogP contribution in [0.25, 0.3) is 0 Å². The summed E-state index contributed by atoms with van der Waals surface area (Å²) in [5, 5.41) is 4.52. The first-order valence-corrected chi connectivity index (χ1v) is 7.55. The Hall–Kier alpha value is -1.60. The van der Waals surface area contributed by atoms with Crippen molar-refractivity contribution in [3.8, 4) is 5.75 Å². The fourth-order valence-electron chi connectivity index (χ4n) is 1.47. The predicted molar refractivity (Wildman–Crippen MR) is 91.8 cm³/mol. The molecule has 108 valence electrons. The number of benzene rings is 2. The molecule has 6 heteroatoms. The molecule has 0 atom stereocenters. The van der Waals surface area contributed by atoms with Crippen molar-refractivity contribution in [3.63, 3.8) is 0 Å². The molecular weight excluding hydrogens is 403 g/mol. The molecule has 0 bridgehead atoms. The monoisotopic (exact) mass is 414 g/mol. The maximum absolute atomic E-state index is 11.6. The minimum absolute atomic E-state index is 0.106. The van der Waals surface area contributed by atoms with Crippen molar-refractivity contribution in [2.24, 2.45) is 5.10 Å². The van der Waals surface area contributed by atoms with Gasteiger partial charge in [0, 0.05) is 14.2 Å².